The first-order valence-electron chi connectivity index (χ1n) is 6.37. The molecule has 1 saturated carbocycles. The Bertz CT molecular complexity index is 376. The number of hydrogen-bond acceptors (Lipinski definition) is 1. The van der Waals surface area contributed by atoms with Crippen molar-refractivity contribution in [3.8, 4) is 0 Å². The third-order valence-corrected chi connectivity index (χ3v) is 4.56. The maximum absolute atomic E-state index is 6.10. The van der Waals surface area contributed by atoms with Crippen molar-refractivity contribution in [1.29, 1.82) is 0 Å². The average molecular weight is 272 g/mol. The third kappa shape index (κ3) is 3.15. The van der Waals surface area contributed by atoms with Gasteiger partial charge in [0.05, 0.1) is 10.0 Å². The van der Waals surface area contributed by atoms with Gasteiger partial charge in [-0.15, -0.1) is 0 Å². The van der Waals surface area contributed by atoms with E-state index in [0.29, 0.717) is 21.9 Å². The van der Waals surface area contributed by atoms with Gasteiger partial charge < -0.3 is 5.73 Å². The van der Waals surface area contributed by atoms with Crippen LogP contribution in [0, 0.1) is 5.92 Å². The summed E-state index contributed by atoms with van der Waals surface area (Å²) < 4.78 is 0. The second-order valence-electron chi connectivity index (χ2n) is 4.90. The molecule has 1 aliphatic carbocycles. The van der Waals surface area contributed by atoms with Gasteiger partial charge in [-0.3, -0.25) is 0 Å². The van der Waals surface area contributed by atoms with E-state index < -0.39 is 0 Å². The first-order valence-corrected chi connectivity index (χ1v) is 7.13. The summed E-state index contributed by atoms with van der Waals surface area (Å²) in [6, 6.07) is 6.06. The van der Waals surface area contributed by atoms with Crippen LogP contribution in [0.25, 0.3) is 0 Å². The summed E-state index contributed by atoms with van der Waals surface area (Å²) in [5, 5.41) is 1.31. The van der Waals surface area contributed by atoms with E-state index in [2.05, 4.69) is 6.07 Å². The van der Waals surface area contributed by atoms with Crippen molar-refractivity contribution < 1.29 is 0 Å². The summed E-state index contributed by atoms with van der Waals surface area (Å²) in [5.41, 5.74) is 7.04. The molecule has 1 fully saturated rings. The standard InChI is InChI=1S/C14H19Cl2N/c15-13-6-5-11(9-14(13)16)12-4-2-1-3-10(12)7-8-17/h5-6,9-10,12H,1-4,7-8,17H2. The molecule has 2 N–H and O–H groups in total. The van der Waals surface area contributed by atoms with E-state index in [9.17, 15) is 0 Å². The Hall–Kier alpha value is -0.240. The molecule has 0 amide bonds. The van der Waals surface area contributed by atoms with Crippen LogP contribution >= 0.6 is 23.2 Å². The molecule has 0 heterocycles. The monoisotopic (exact) mass is 271 g/mol. The first-order chi connectivity index (χ1) is 8.22. The van der Waals surface area contributed by atoms with Gasteiger partial charge in [-0.25, -0.2) is 0 Å². The number of hydrogen-bond donors (Lipinski definition) is 1. The van der Waals surface area contributed by atoms with Gasteiger partial charge in [-0.05, 0) is 55.3 Å². The van der Waals surface area contributed by atoms with Crippen LogP contribution in [0.4, 0.5) is 0 Å². The Morgan fingerprint density at radius 3 is 2.59 bits per heavy atom. The molecule has 0 aliphatic heterocycles. The molecule has 2 unspecified atom stereocenters. The summed E-state index contributed by atoms with van der Waals surface area (Å²) in [7, 11) is 0. The molecule has 1 nitrogen and oxygen atoms in total. The van der Waals surface area contributed by atoms with Crippen molar-refractivity contribution in [2.24, 2.45) is 11.7 Å². The summed E-state index contributed by atoms with van der Waals surface area (Å²) in [6.45, 7) is 0.780. The van der Waals surface area contributed by atoms with Gasteiger partial charge in [0.25, 0.3) is 0 Å². The van der Waals surface area contributed by atoms with E-state index >= 15 is 0 Å². The van der Waals surface area contributed by atoms with Crippen LogP contribution in [0.2, 0.25) is 10.0 Å². The molecule has 94 valence electrons. The van der Waals surface area contributed by atoms with Gasteiger partial charge in [0, 0.05) is 0 Å². The Morgan fingerprint density at radius 1 is 1.12 bits per heavy atom. The van der Waals surface area contributed by atoms with Crippen LogP contribution in [-0.4, -0.2) is 6.54 Å². The maximum atomic E-state index is 6.10. The smallest absolute Gasteiger partial charge is 0.0595 e. The number of rotatable bonds is 3. The van der Waals surface area contributed by atoms with Crippen LogP contribution in [0.15, 0.2) is 18.2 Å². The second-order valence-corrected chi connectivity index (χ2v) is 5.72. The first kappa shape index (κ1) is 13.2. The summed E-state index contributed by atoms with van der Waals surface area (Å²) >= 11 is 12.1. The number of nitrogens with two attached hydrogens (primary N) is 1. The minimum absolute atomic E-state index is 0.613. The van der Waals surface area contributed by atoms with Crippen molar-refractivity contribution in [3.05, 3.63) is 33.8 Å². The predicted octanol–water partition coefficient (Wildman–Crippen LogP) is 4.62. The van der Waals surface area contributed by atoms with Gasteiger partial charge >= 0.3 is 0 Å². The highest BCUT2D eigenvalue weighted by molar-refractivity contribution is 6.42. The van der Waals surface area contributed by atoms with Gasteiger partial charge in [-0.1, -0.05) is 42.1 Å². The third-order valence-electron chi connectivity index (χ3n) is 3.82. The van der Waals surface area contributed by atoms with E-state index in [1.54, 1.807) is 0 Å². The lowest BCUT2D eigenvalue weighted by Gasteiger charge is -2.32. The van der Waals surface area contributed by atoms with E-state index in [0.717, 1.165) is 13.0 Å². The quantitative estimate of drug-likeness (QED) is 0.853. The van der Waals surface area contributed by atoms with Gasteiger partial charge in [0.1, 0.15) is 0 Å². The Kier molecular flexibility index (Phi) is 4.72. The highest BCUT2D eigenvalue weighted by Gasteiger charge is 2.26. The molecule has 2 rings (SSSR count). The van der Waals surface area contributed by atoms with E-state index in [-0.39, 0.29) is 0 Å². The van der Waals surface area contributed by atoms with Crippen molar-refractivity contribution in [1.82, 2.24) is 0 Å². The minimum Gasteiger partial charge on any atom is -0.330 e. The van der Waals surface area contributed by atoms with Crippen molar-refractivity contribution in [2.75, 3.05) is 6.54 Å². The molecule has 17 heavy (non-hydrogen) atoms. The molecule has 0 aromatic heterocycles. The average Bonchev–Trinajstić information content (AvgIpc) is 2.34. The lowest BCUT2D eigenvalue weighted by molar-refractivity contribution is 0.294. The summed E-state index contributed by atoms with van der Waals surface area (Å²) in [5.74, 6) is 1.33. The molecule has 0 spiro atoms. The fourth-order valence-electron chi connectivity index (χ4n) is 2.95. The van der Waals surface area contributed by atoms with Crippen LogP contribution in [-0.2, 0) is 0 Å². The van der Waals surface area contributed by atoms with Crippen molar-refractivity contribution >= 4 is 23.2 Å². The van der Waals surface area contributed by atoms with Gasteiger partial charge in [-0.2, -0.15) is 0 Å². The maximum Gasteiger partial charge on any atom is 0.0595 e. The number of halogens is 2. The molecule has 0 radical (unpaired) electrons. The van der Waals surface area contributed by atoms with Crippen molar-refractivity contribution in [3.63, 3.8) is 0 Å². The van der Waals surface area contributed by atoms with Crippen LogP contribution < -0.4 is 5.73 Å². The Labute approximate surface area is 113 Å². The molecular weight excluding hydrogens is 253 g/mol. The molecular formula is C14H19Cl2N. The Balaban J connectivity index is 2.20. The molecule has 3 heteroatoms. The zero-order valence-corrected chi connectivity index (χ0v) is 11.5. The zero-order valence-electron chi connectivity index (χ0n) is 9.96. The lowest BCUT2D eigenvalue weighted by Crippen LogP contribution is -2.20. The second kappa shape index (κ2) is 6.08. The topological polar surface area (TPSA) is 26.0 Å². The Morgan fingerprint density at radius 2 is 1.88 bits per heavy atom. The predicted molar refractivity (Wildman–Crippen MR) is 74.8 cm³/mol. The van der Waals surface area contributed by atoms with E-state index in [4.69, 9.17) is 28.9 Å². The van der Waals surface area contributed by atoms with E-state index in [1.165, 1.54) is 31.2 Å². The minimum atomic E-state index is 0.613. The molecule has 0 bridgehead atoms. The largest absolute Gasteiger partial charge is 0.330 e. The molecule has 2 atom stereocenters. The summed E-state index contributed by atoms with van der Waals surface area (Å²) in [4.78, 5) is 0. The fraction of sp³-hybridized carbons (Fsp3) is 0.571. The van der Waals surface area contributed by atoms with Crippen LogP contribution in [0.5, 0.6) is 0 Å². The zero-order chi connectivity index (χ0) is 12.3. The van der Waals surface area contributed by atoms with Crippen LogP contribution in [0.3, 0.4) is 0 Å². The van der Waals surface area contributed by atoms with Crippen molar-refractivity contribution in [2.45, 2.75) is 38.0 Å². The van der Waals surface area contributed by atoms with E-state index in [1.807, 2.05) is 12.1 Å². The number of benzene rings is 1. The normalized spacial score (nSPS) is 24.9. The molecule has 1 aromatic carbocycles. The highest BCUT2D eigenvalue weighted by atomic mass is 35.5. The fourth-order valence-corrected chi connectivity index (χ4v) is 3.26. The highest BCUT2D eigenvalue weighted by Crippen LogP contribution is 2.40. The molecule has 1 aromatic rings. The molecule has 1 aliphatic rings. The summed E-state index contributed by atoms with van der Waals surface area (Å²) in [6.07, 6.45) is 6.31. The van der Waals surface area contributed by atoms with Crippen LogP contribution in [0.1, 0.15) is 43.6 Å². The van der Waals surface area contributed by atoms with Gasteiger partial charge in [0.15, 0.2) is 0 Å². The molecule has 0 saturated heterocycles. The van der Waals surface area contributed by atoms with Gasteiger partial charge in [0.2, 0.25) is 0 Å². The lowest BCUT2D eigenvalue weighted by atomic mass is 9.74. The SMILES string of the molecule is NCCC1CCCCC1c1ccc(Cl)c(Cl)c1.